The van der Waals surface area contributed by atoms with Crippen LogP contribution in [0.25, 0.3) is 5.69 Å². The lowest BCUT2D eigenvalue weighted by Crippen LogP contribution is -2.30. The van der Waals surface area contributed by atoms with E-state index in [0.717, 1.165) is 16.8 Å². The second kappa shape index (κ2) is 3.16. The highest BCUT2D eigenvalue weighted by Crippen LogP contribution is 2.50. The Balaban J connectivity index is 1.85. The molecule has 0 fully saturated rings. The van der Waals surface area contributed by atoms with E-state index in [-0.39, 0.29) is 6.17 Å². The van der Waals surface area contributed by atoms with Gasteiger partial charge in [0.15, 0.2) is 5.82 Å². The van der Waals surface area contributed by atoms with E-state index < -0.39 is 0 Å². The number of hydrogen-bond donors (Lipinski definition) is 1. The molecule has 0 saturated heterocycles. The number of hydrogen-bond acceptors (Lipinski definition) is 5. The molecule has 1 unspecified atom stereocenters. The number of nitrogens with one attached hydrogen (secondary N) is 1. The summed E-state index contributed by atoms with van der Waals surface area (Å²) in [6.07, 6.45) is 3.94. The molecule has 1 aromatic carbocycles. The zero-order chi connectivity index (χ0) is 12.4. The van der Waals surface area contributed by atoms with Gasteiger partial charge in [-0.1, -0.05) is 18.2 Å². The fourth-order valence-electron chi connectivity index (χ4n) is 2.84. The van der Waals surface area contributed by atoms with Crippen molar-refractivity contribution in [2.45, 2.75) is 6.17 Å². The van der Waals surface area contributed by atoms with Crippen molar-refractivity contribution in [3.63, 3.8) is 0 Å². The van der Waals surface area contributed by atoms with Crippen LogP contribution in [0.4, 0.5) is 16.8 Å². The molecule has 4 heterocycles. The Labute approximate surface area is 113 Å². The van der Waals surface area contributed by atoms with Crippen LogP contribution in [0.1, 0.15) is 11.7 Å². The van der Waals surface area contributed by atoms with Crippen LogP contribution in [-0.4, -0.2) is 14.5 Å². The van der Waals surface area contributed by atoms with Crippen molar-refractivity contribution in [2.24, 2.45) is 0 Å². The molecule has 0 saturated carbocycles. The summed E-state index contributed by atoms with van der Waals surface area (Å²) in [6, 6.07) is 8.40. The second-order valence-corrected chi connectivity index (χ2v) is 5.41. The van der Waals surface area contributed by atoms with Crippen molar-refractivity contribution in [1.29, 1.82) is 0 Å². The lowest BCUT2D eigenvalue weighted by molar-refractivity contribution is 0.747. The summed E-state index contributed by atoms with van der Waals surface area (Å²) in [5.41, 5.74) is 4.29. The minimum absolute atomic E-state index is 0.0982. The number of benzene rings is 1. The molecule has 2 aliphatic rings. The zero-order valence-electron chi connectivity index (χ0n) is 9.82. The highest BCUT2D eigenvalue weighted by molar-refractivity contribution is 7.14. The van der Waals surface area contributed by atoms with Crippen LogP contribution in [0.2, 0.25) is 0 Å². The number of thiazole rings is 1. The molecule has 0 spiro atoms. The normalized spacial score (nSPS) is 18.3. The van der Waals surface area contributed by atoms with Crippen molar-refractivity contribution in [3.05, 3.63) is 47.7 Å². The first-order valence-electron chi connectivity index (χ1n) is 6.05. The van der Waals surface area contributed by atoms with Gasteiger partial charge in [-0.3, -0.25) is 9.47 Å². The fraction of sp³-hybridized carbons (Fsp3) is 0.0769. The summed E-state index contributed by atoms with van der Waals surface area (Å²) in [6.45, 7) is 0. The van der Waals surface area contributed by atoms with Crippen LogP contribution in [0.3, 0.4) is 0 Å². The number of imidazole rings is 1. The molecule has 19 heavy (non-hydrogen) atoms. The summed E-state index contributed by atoms with van der Waals surface area (Å²) >= 11 is 1.64. The molecule has 1 N–H and O–H groups in total. The number of rotatable bonds is 0. The first-order valence-corrected chi connectivity index (χ1v) is 6.93. The molecule has 0 radical (unpaired) electrons. The topological polar surface area (TPSA) is 46.0 Å². The number of fused-ring (bicyclic) bond motifs is 8. The number of aromatic nitrogens is 3. The highest BCUT2D eigenvalue weighted by atomic mass is 32.1. The Kier molecular flexibility index (Phi) is 1.59. The van der Waals surface area contributed by atoms with Gasteiger partial charge in [-0.15, -0.1) is 11.3 Å². The standard InChI is InChI=1S/C13H9N5S/c1-2-4-9-8(3-1)11-16-10-12(19-7-15-10)18(11)13-14-5-6-17(9)13/h1-7,11,16H. The van der Waals surface area contributed by atoms with Crippen molar-refractivity contribution < 1.29 is 0 Å². The number of anilines is 3. The minimum atomic E-state index is 0.0982. The molecule has 6 heteroatoms. The van der Waals surface area contributed by atoms with Gasteiger partial charge in [-0.2, -0.15) is 0 Å². The van der Waals surface area contributed by atoms with E-state index in [2.05, 4.69) is 49.0 Å². The predicted octanol–water partition coefficient (Wildman–Crippen LogP) is 2.90. The van der Waals surface area contributed by atoms with Crippen molar-refractivity contribution in [2.75, 3.05) is 10.2 Å². The van der Waals surface area contributed by atoms with Gasteiger partial charge in [-0.25, -0.2) is 9.97 Å². The van der Waals surface area contributed by atoms with Crippen LogP contribution in [-0.2, 0) is 0 Å². The van der Waals surface area contributed by atoms with Gasteiger partial charge in [0, 0.05) is 18.0 Å². The van der Waals surface area contributed by atoms with Gasteiger partial charge >= 0.3 is 0 Å². The molecular formula is C13H9N5S. The molecule has 5 nitrogen and oxygen atoms in total. The molecule has 0 amide bonds. The summed E-state index contributed by atoms with van der Waals surface area (Å²) in [5.74, 6) is 1.89. The lowest BCUT2D eigenvalue weighted by Gasteiger charge is -2.32. The summed E-state index contributed by atoms with van der Waals surface area (Å²) < 4.78 is 2.13. The Morgan fingerprint density at radius 2 is 2.16 bits per heavy atom. The molecule has 0 aliphatic carbocycles. The Morgan fingerprint density at radius 1 is 1.21 bits per heavy atom. The highest BCUT2D eigenvalue weighted by Gasteiger charge is 2.40. The van der Waals surface area contributed by atoms with Gasteiger partial charge < -0.3 is 5.32 Å². The van der Waals surface area contributed by atoms with E-state index in [1.807, 2.05) is 17.9 Å². The second-order valence-electron chi connectivity index (χ2n) is 4.58. The Bertz CT molecular complexity index is 790. The van der Waals surface area contributed by atoms with Crippen LogP contribution in [0.15, 0.2) is 42.2 Å². The largest absolute Gasteiger partial charge is 0.343 e. The maximum atomic E-state index is 4.50. The van der Waals surface area contributed by atoms with Gasteiger partial charge in [0.05, 0.1) is 11.2 Å². The van der Waals surface area contributed by atoms with Gasteiger partial charge in [0.2, 0.25) is 5.95 Å². The Hall–Kier alpha value is -2.34. The maximum absolute atomic E-state index is 4.50. The molecule has 2 aliphatic heterocycles. The fourth-order valence-corrected chi connectivity index (χ4v) is 3.63. The molecule has 1 atom stereocenters. The number of para-hydroxylation sites is 1. The molecule has 2 aromatic heterocycles. The maximum Gasteiger partial charge on any atom is 0.217 e. The van der Waals surface area contributed by atoms with Crippen molar-refractivity contribution in [1.82, 2.24) is 14.5 Å². The summed E-state index contributed by atoms with van der Waals surface area (Å²) in [5, 5.41) is 4.61. The monoisotopic (exact) mass is 267 g/mol. The third kappa shape index (κ3) is 1.05. The van der Waals surface area contributed by atoms with Crippen molar-refractivity contribution in [3.8, 4) is 5.69 Å². The molecule has 92 valence electrons. The van der Waals surface area contributed by atoms with Crippen LogP contribution in [0.5, 0.6) is 0 Å². The van der Waals surface area contributed by atoms with Gasteiger partial charge in [-0.05, 0) is 6.07 Å². The average Bonchev–Trinajstić information content (AvgIpc) is 3.13. The molecule has 0 bridgehead atoms. The van der Waals surface area contributed by atoms with E-state index in [1.165, 1.54) is 11.3 Å². The van der Waals surface area contributed by atoms with Gasteiger partial charge in [0.1, 0.15) is 11.2 Å². The summed E-state index contributed by atoms with van der Waals surface area (Å²) in [7, 11) is 0. The predicted molar refractivity (Wildman–Crippen MR) is 74.2 cm³/mol. The van der Waals surface area contributed by atoms with E-state index in [9.17, 15) is 0 Å². The SMILES string of the molecule is c1ccc2c(c1)C1Nc3ncsc3N1c1nccn1-2. The zero-order valence-corrected chi connectivity index (χ0v) is 10.6. The third-order valence-corrected chi connectivity index (χ3v) is 4.45. The Morgan fingerprint density at radius 3 is 3.16 bits per heavy atom. The van der Waals surface area contributed by atoms with Gasteiger partial charge in [0.25, 0.3) is 0 Å². The van der Waals surface area contributed by atoms with E-state index in [1.54, 1.807) is 11.3 Å². The van der Waals surface area contributed by atoms with E-state index >= 15 is 0 Å². The van der Waals surface area contributed by atoms with Crippen molar-refractivity contribution >= 4 is 28.1 Å². The third-order valence-electron chi connectivity index (χ3n) is 3.63. The minimum Gasteiger partial charge on any atom is -0.343 e. The average molecular weight is 267 g/mol. The quantitative estimate of drug-likeness (QED) is 0.680. The van der Waals surface area contributed by atoms with Crippen LogP contribution < -0.4 is 10.2 Å². The molecular weight excluding hydrogens is 258 g/mol. The molecule has 5 rings (SSSR count). The smallest absolute Gasteiger partial charge is 0.217 e. The lowest BCUT2D eigenvalue weighted by atomic mass is 10.1. The number of nitrogens with zero attached hydrogens (tertiary/aromatic N) is 4. The summed E-state index contributed by atoms with van der Waals surface area (Å²) in [4.78, 5) is 11.1. The van der Waals surface area contributed by atoms with E-state index in [0.29, 0.717) is 0 Å². The molecule has 3 aromatic rings. The van der Waals surface area contributed by atoms with Crippen LogP contribution >= 0.6 is 11.3 Å². The first-order chi connectivity index (χ1) is 9.43. The van der Waals surface area contributed by atoms with Crippen LogP contribution in [0, 0.1) is 0 Å². The first kappa shape index (κ1) is 9.57. The van der Waals surface area contributed by atoms with E-state index in [4.69, 9.17) is 0 Å².